The normalized spacial score (nSPS) is 18.4. The van der Waals surface area contributed by atoms with Gasteiger partial charge in [0.15, 0.2) is 0 Å². The minimum atomic E-state index is -2.94. The van der Waals surface area contributed by atoms with Gasteiger partial charge >= 0.3 is 0 Å². The number of benzene rings is 1. The van der Waals surface area contributed by atoms with E-state index in [1.165, 1.54) is 11.8 Å². The van der Waals surface area contributed by atoms with E-state index in [0.29, 0.717) is 6.54 Å². The van der Waals surface area contributed by atoms with Crippen LogP contribution in [-0.2, 0) is 22.8 Å². The minimum Gasteiger partial charge on any atom is -0.487 e. The Morgan fingerprint density at radius 1 is 1.40 bits per heavy atom. The molecule has 0 bridgehead atoms. The van der Waals surface area contributed by atoms with Gasteiger partial charge in [-0.2, -0.15) is 0 Å². The number of nitrogens with one attached hydrogen (secondary N) is 1. The van der Waals surface area contributed by atoms with Crippen molar-refractivity contribution in [2.75, 3.05) is 12.0 Å². The number of hydrogen-bond acceptors (Lipinski definition) is 4. The quantitative estimate of drug-likeness (QED) is 0.902. The molecular formula is C15H23NO3S. The van der Waals surface area contributed by atoms with Gasteiger partial charge in [0.25, 0.3) is 0 Å². The molecule has 0 saturated carbocycles. The van der Waals surface area contributed by atoms with Crippen molar-refractivity contribution in [3.05, 3.63) is 29.3 Å². The molecule has 1 aromatic rings. The van der Waals surface area contributed by atoms with Gasteiger partial charge in [-0.05, 0) is 38.0 Å². The Hall–Kier alpha value is -1.07. The first-order valence-corrected chi connectivity index (χ1v) is 8.93. The maximum Gasteiger partial charge on any atom is 0.148 e. The van der Waals surface area contributed by atoms with Gasteiger partial charge in [0.2, 0.25) is 0 Å². The maximum absolute atomic E-state index is 11.2. The lowest BCUT2D eigenvalue weighted by Gasteiger charge is -2.16. The monoisotopic (exact) mass is 297 g/mol. The Morgan fingerprint density at radius 3 is 2.75 bits per heavy atom. The zero-order valence-electron chi connectivity index (χ0n) is 12.6. The third kappa shape index (κ3) is 4.21. The SMILES string of the molecule is CC(CS(C)(=O)=O)NCc1ccc2c(c1)CC(C)(C)O2. The number of ether oxygens (including phenoxy) is 1. The van der Waals surface area contributed by atoms with E-state index >= 15 is 0 Å². The molecule has 5 heteroatoms. The maximum atomic E-state index is 11.2. The Balaban J connectivity index is 1.96. The second kappa shape index (κ2) is 5.37. The van der Waals surface area contributed by atoms with Crippen LogP contribution in [0.5, 0.6) is 5.75 Å². The summed E-state index contributed by atoms with van der Waals surface area (Å²) in [5, 5.41) is 3.25. The molecular weight excluding hydrogens is 274 g/mol. The van der Waals surface area contributed by atoms with Crippen LogP contribution in [-0.4, -0.2) is 32.1 Å². The highest BCUT2D eigenvalue weighted by molar-refractivity contribution is 7.90. The first-order valence-electron chi connectivity index (χ1n) is 6.87. The van der Waals surface area contributed by atoms with Crippen LogP contribution >= 0.6 is 0 Å². The summed E-state index contributed by atoms with van der Waals surface area (Å²) in [5.41, 5.74) is 2.26. The highest BCUT2D eigenvalue weighted by Crippen LogP contribution is 2.35. The van der Waals surface area contributed by atoms with Gasteiger partial charge in [0.05, 0.1) is 5.75 Å². The standard InChI is InChI=1S/C15H23NO3S/c1-11(10-20(4,17)18)16-9-12-5-6-14-13(7-12)8-15(2,3)19-14/h5-7,11,16H,8-10H2,1-4H3. The van der Waals surface area contributed by atoms with E-state index in [-0.39, 0.29) is 17.4 Å². The van der Waals surface area contributed by atoms with Gasteiger partial charge < -0.3 is 10.1 Å². The molecule has 0 aromatic heterocycles. The van der Waals surface area contributed by atoms with Crippen molar-refractivity contribution >= 4 is 9.84 Å². The van der Waals surface area contributed by atoms with Crippen LogP contribution in [0.2, 0.25) is 0 Å². The molecule has 0 amide bonds. The van der Waals surface area contributed by atoms with E-state index < -0.39 is 9.84 Å². The molecule has 1 aromatic carbocycles. The van der Waals surface area contributed by atoms with E-state index in [1.54, 1.807) is 0 Å². The smallest absolute Gasteiger partial charge is 0.148 e. The van der Waals surface area contributed by atoms with E-state index in [0.717, 1.165) is 17.7 Å². The van der Waals surface area contributed by atoms with Crippen molar-refractivity contribution in [1.82, 2.24) is 5.32 Å². The van der Waals surface area contributed by atoms with E-state index in [9.17, 15) is 8.42 Å². The molecule has 1 heterocycles. The number of hydrogen-bond donors (Lipinski definition) is 1. The second-order valence-electron chi connectivity index (χ2n) is 6.35. The molecule has 1 unspecified atom stereocenters. The van der Waals surface area contributed by atoms with Gasteiger partial charge in [-0.25, -0.2) is 8.42 Å². The fourth-order valence-corrected chi connectivity index (χ4v) is 3.60. The van der Waals surface area contributed by atoms with E-state index in [1.807, 2.05) is 19.1 Å². The van der Waals surface area contributed by atoms with Crippen LogP contribution in [0, 0.1) is 0 Å². The largest absolute Gasteiger partial charge is 0.487 e. The van der Waals surface area contributed by atoms with Crippen LogP contribution in [0.25, 0.3) is 0 Å². The third-order valence-electron chi connectivity index (χ3n) is 3.33. The van der Waals surface area contributed by atoms with Crippen molar-refractivity contribution < 1.29 is 13.2 Å². The molecule has 2 rings (SSSR count). The molecule has 112 valence electrons. The molecule has 0 fully saturated rings. The third-order valence-corrected chi connectivity index (χ3v) is 4.44. The molecule has 1 atom stereocenters. The highest BCUT2D eigenvalue weighted by Gasteiger charge is 2.29. The van der Waals surface area contributed by atoms with E-state index in [4.69, 9.17) is 4.74 Å². The molecule has 1 N–H and O–H groups in total. The van der Waals surface area contributed by atoms with Crippen LogP contribution in [0.3, 0.4) is 0 Å². The average Bonchev–Trinajstić information content (AvgIpc) is 2.57. The predicted molar refractivity (Wildman–Crippen MR) is 80.9 cm³/mol. The Bertz CT molecular complexity index is 593. The van der Waals surface area contributed by atoms with E-state index in [2.05, 4.69) is 25.2 Å². The highest BCUT2D eigenvalue weighted by atomic mass is 32.2. The lowest BCUT2D eigenvalue weighted by Crippen LogP contribution is -2.32. The van der Waals surface area contributed by atoms with Crippen LogP contribution in [0.4, 0.5) is 0 Å². The summed E-state index contributed by atoms with van der Waals surface area (Å²) in [6.07, 6.45) is 2.18. The van der Waals surface area contributed by atoms with Gasteiger partial charge in [-0.15, -0.1) is 0 Å². The van der Waals surface area contributed by atoms with Crippen molar-refractivity contribution in [1.29, 1.82) is 0 Å². The van der Waals surface area contributed by atoms with Crippen molar-refractivity contribution in [3.8, 4) is 5.75 Å². The van der Waals surface area contributed by atoms with Gasteiger partial charge in [-0.1, -0.05) is 12.1 Å². The molecule has 20 heavy (non-hydrogen) atoms. The summed E-state index contributed by atoms with van der Waals surface area (Å²) in [6.45, 7) is 6.73. The van der Waals surface area contributed by atoms with Crippen molar-refractivity contribution in [2.24, 2.45) is 0 Å². The first kappa shape index (κ1) is 15.3. The zero-order valence-corrected chi connectivity index (χ0v) is 13.4. The summed E-state index contributed by atoms with van der Waals surface area (Å²) < 4.78 is 28.3. The van der Waals surface area contributed by atoms with Crippen LogP contribution in [0.1, 0.15) is 31.9 Å². The van der Waals surface area contributed by atoms with Gasteiger partial charge in [0.1, 0.15) is 21.2 Å². The molecule has 0 spiro atoms. The van der Waals surface area contributed by atoms with Crippen molar-refractivity contribution in [2.45, 2.75) is 45.4 Å². The summed E-state index contributed by atoms with van der Waals surface area (Å²) in [4.78, 5) is 0. The van der Waals surface area contributed by atoms with Crippen molar-refractivity contribution in [3.63, 3.8) is 0 Å². The minimum absolute atomic E-state index is 0.0501. The number of fused-ring (bicyclic) bond motifs is 1. The number of sulfone groups is 1. The zero-order chi connectivity index (χ0) is 15.0. The lowest BCUT2D eigenvalue weighted by atomic mass is 10.0. The van der Waals surface area contributed by atoms with Crippen LogP contribution < -0.4 is 10.1 Å². The fourth-order valence-electron chi connectivity index (χ4n) is 2.58. The molecule has 0 radical (unpaired) electrons. The average molecular weight is 297 g/mol. The summed E-state index contributed by atoms with van der Waals surface area (Å²) >= 11 is 0. The Kier molecular flexibility index (Phi) is 4.12. The second-order valence-corrected chi connectivity index (χ2v) is 8.54. The molecule has 4 nitrogen and oxygen atoms in total. The lowest BCUT2D eigenvalue weighted by molar-refractivity contribution is 0.138. The first-order chi connectivity index (χ1) is 9.15. The molecule has 1 aliphatic rings. The van der Waals surface area contributed by atoms with Crippen LogP contribution in [0.15, 0.2) is 18.2 Å². The summed E-state index contributed by atoms with van der Waals surface area (Å²) in [7, 11) is -2.94. The van der Waals surface area contributed by atoms with Gasteiger partial charge in [-0.3, -0.25) is 0 Å². The molecule has 0 saturated heterocycles. The fraction of sp³-hybridized carbons (Fsp3) is 0.600. The summed E-state index contributed by atoms with van der Waals surface area (Å²) in [6, 6.07) is 6.12. The Labute approximate surface area is 121 Å². The molecule has 1 aliphatic heterocycles. The topological polar surface area (TPSA) is 55.4 Å². The summed E-state index contributed by atoms with van der Waals surface area (Å²) in [5.74, 6) is 1.12. The van der Waals surface area contributed by atoms with Gasteiger partial charge in [0, 0.05) is 25.3 Å². The Morgan fingerprint density at radius 2 is 2.10 bits per heavy atom. The number of rotatable bonds is 5. The molecule has 0 aliphatic carbocycles. The predicted octanol–water partition coefficient (Wildman–Crippen LogP) is 1.92.